The fourth-order valence-corrected chi connectivity index (χ4v) is 2.23. The molecule has 0 spiro atoms. The van der Waals surface area contributed by atoms with E-state index in [1.54, 1.807) is 0 Å². The molecule has 0 radical (unpaired) electrons. The first-order chi connectivity index (χ1) is 7.90. The fourth-order valence-electron chi connectivity index (χ4n) is 1.64. The van der Waals surface area contributed by atoms with Crippen LogP contribution in [0.25, 0.3) is 0 Å². The lowest BCUT2D eigenvalue weighted by Crippen LogP contribution is -2.40. The van der Waals surface area contributed by atoms with Crippen molar-refractivity contribution in [3.63, 3.8) is 0 Å². The maximum atomic E-state index is 11.4. The number of rotatable bonds is 3. The Labute approximate surface area is 108 Å². The van der Waals surface area contributed by atoms with Gasteiger partial charge < -0.3 is 14.8 Å². The number of carbonyl (C=O) groups is 1. The van der Waals surface area contributed by atoms with Crippen molar-refractivity contribution < 1.29 is 14.3 Å². The highest BCUT2D eigenvalue weighted by atomic mass is 32.2. The van der Waals surface area contributed by atoms with Crippen molar-refractivity contribution in [2.45, 2.75) is 50.6 Å². The zero-order valence-electron chi connectivity index (χ0n) is 11.1. The van der Waals surface area contributed by atoms with Crippen molar-refractivity contribution >= 4 is 17.9 Å². The van der Waals surface area contributed by atoms with Gasteiger partial charge >= 0.3 is 6.09 Å². The van der Waals surface area contributed by atoms with Gasteiger partial charge in [-0.15, -0.1) is 0 Å². The van der Waals surface area contributed by atoms with Gasteiger partial charge in [0.25, 0.3) is 0 Å². The fraction of sp³-hybridized carbons (Fsp3) is 0.917. The molecule has 1 saturated heterocycles. The topological polar surface area (TPSA) is 47.6 Å². The molecule has 1 aliphatic heterocycles. The van der Waals surface area contributed by atoms with E-state index in [4.69, 9.17) is 9.47 Å². The molecule has 1 fully saturated rings. The molecule has 0 aromatic rings. The van der Waals surface area contributed by atoms with Crippen molar-refractivity contribution in [3.05, 3.63) is 0 Å². The molecule has 1 rings (SSSR count). The van der Waals surface area contributed by atoms with E-state index in [2.05, 4.69) is 11.6 Å². The Morgan fingerprint density at radius 3 is 2.65 bits per heavy atom. The summed E-state index contributed by atoms with van der Waals surface area (Å²) in [6.07, 6.45) is 4.02. The Bertz CT molecular complexity index is 245. The Kier molecular flexibility index (Phi) is 5.59. The van der Waals surface area contributed by atoms with E-state index in [-0.39, 0.29) is 12.2 Å². The molecule has 0 aromatic heterocycles. The first-order valence-corrected chi connectivity index (χ1v) is 7.31. The maximum Gasteiger partial charge on any atom is 0.407 e. The van der Waals surface area contributed by atoms with Crippen LogP contribution in [0.4, 0.5) is 4.79 Å². The van der Waals surface area contributed by atoms with Crippen LogP contribution in [0.3, 0.4) is 0 Å². The Balaban J connectivity index is 2.17. The van der Waals surface area contributed by atoms with E-state index in [0.29, 0.717) is 11.8 Å². The van der Waals surface area contributed by atoms with Crippen LogP contribution >= 0.6 is 11.8 Å². The monoisotopic (exact) mass is 261 g/mol. The number of hydrogen-bond donors (Lipinski definition) is 1. The predicted molar refractivity (Wildman–Crippen MR) is 70.5 cm³/mol. The second-order valence-electron chi connectivity index (χ2n) is 5.27. The third-order valence-electron chi connectivity index (χ3n) is 2.53. The van der Waals surface area contributed by atoms with Crippen LogP contribution in [-0.4, -0.2) is 42.5 Å². The van der Waals surface area contributed by atoms with Gasteiger partial charge in [-0.3, -0.25) is 0 Å². The van der Waals surface area contributed by atoms with E-state index in [1.807, 2.05) is 32.5 Å². The highest BCUT2D eigenvalue weighted by Gasteiger charge is 2.22. The number of hydrogen-bond acceptors (Lipinski definition) is 4. The van der Waals surface area contributed by atoms with E-state index < -0.39 is 5.60 Å². The summed E-state index contributed by atoms with van der Waals surface area (Å²) in [4.78, 5) is 11.4. The van der Waals surface area contributed by atoms with Gasteiger partial charge in [-0.1, -0.05) is 0 Å². The normalized spacial score (nSPS) is 25.4. The van der Waals surface area contributed by atoms with E-state index in [0.717, 1.165) is 19.4 Å². The zero-order chi connectivity index (χ0) is 12.9. The minimum atomic E-state index is -0.443. The summed E-state index contributed by atoms with van der Waals surface area (Å²) in [5.74, 6) is 0. The van der Waals surface area contributed by atoms with Gasteiger partial charge in [-0.2, -0.15) is 11.8 Å². The largest absolute Gasteiger partial charge is 0.444 e. The third-order valence-corrected chi connectivity index (χ3v) is 3.57. The Morgan fingerprint density at radius 1 is 1.47 bits per heavy atom. The average molecular weight is 261 g/mol. The Morgan fingerprint density at radius 2 is 2.18 bits per heavy atom. The van der Waals surface area contributed by atoms with Crippen molar-refractivity contribution in [2.75, 3.05) is 19.4 Å². The third kappa shape index (κ3) is 6.17. The lowest BCUT2D eigenvalue weighted by Gasteiger charge is -2.28. The standard InChI is InChI=1S/C12H23NO3S/c1-12(2,3)16-11(14)13-7-9-5-6-10(17-4)8-15-9/h9-10H,5-8H2,1-4H3,(H,13,14)/t9-,10-/m0/s1. The molecule has 0 unspecified atom stereocenters. The average Bonchev–Trinajstić information content (AvgIpc) is 2.25. The molecule has 1 amide bonds. The summed E-state index contributed by atoms with van der Waals surface area (Å²) >= 11 is 1.84. The molecular formula is C12H23NO3S. The van der Waals surface area contributed by atoms with Crippen LogP contribution in [0.5, 0.6) is 0 Å². The van der Waals surface area contributed by atoms with Crippen LogP contribution in [0, 0.1) is 0 Å². The summed E-state index contributed by atoms with van der Waals surface area (Å²) in [7, 11) is 0. The van der Waals surface area contributed by atoms with Crippen molar-refractivity contribution in [2.24, 2.45) is 0 Å². The second-order valence-corrected chi connectivity index (χ2v) is 6.41. The molecule has 2 atom stereocenters. The summed E-state index contributed by atoms with van der Waals surface area (Å²) in [6.45, 7) is 6.88. The maximum absolute atomic E-state index is 11.4. The summed E-state index contributed by atoms with van der Waals surface area (Å²) < 4.78 is 10.8. The minimum absolute atomic E-state index is 0.130. The van der Waals surface area contributed by atoms with Crippen LogP contribution in [0.15, 0.2) is 0 Å². The van der Waals surface area contributed by atoms with Crippen molar-refractivity contribution in [1.82, 2.24) is 5.32 Å². The highest BCUT2D eigenvalue weighted by Crippen LogP contribution is 2.21. The lowest BCUT2D eigenvalue weighted by atomic mass is 10.1. The van der Waals surface area contributed by atoms with Crippen LogP contribution < -0.4 is 5.32 Å². The molecule has 0 aromatic carbocycles. The van der Waals surface area contributed by atoms with Gasteiger partial charge in [-0.05, 0) is 39.9 Å². The molecule has 17 heavy (non-hydrogen) atoms. The van der Waals surface area contributed by atoms with Gasteiger partial charge in [-0.25, -0.2) is 4.79 Å². The van der Waals surface area contributed by atoms with Gasteiger partial charge in [0.1, 0.15) is 5.60 Å². The molecule has 0 bridgehead atoms. The number of thioether (sulfide) groups is 1. The summed E-state index contributed by atoms with van der Waals surface area (Å²) in [5, 5.41) is 3.35. The zero-order valence-corrected chi connectivity index (χ0v) is 11.9. The molecule has 0 saturated carbocycles. The SMILES string of the molecule is CS[C@H]1CC[C@@H](CNC(=O)OC(C)(C)C)OC1. The predicted octanol–water partition coefficient (Wildman–Crippen LogP) is 2.42. The van der Waals surface area contributed by atoms with Gasteiger partial charge in [0.15, 0.2) is 0 Å². The highest BCUT2D eigenvalue weighted by molar-refractivity contribution is 7.99. The first kappa shape index (κ1) is 14.6. The number of nitrogens with one attached hydrogen (secondary N) is 1. The van der Waals surface area contributed by atoms with Gasteiger partial charge in [0, 0.05) is 11.8 Å². The Hall–Kier alpha value is -0.420. The molecule has 4 nitrogen and oxygen atoms in total. The summed E-state index contributed by atoms with van der Waals surface area (Å²) in [6, 6.07) is 0. The minimum Gasteiger partial charge on any atom is -0.444 e. The van der Waals surface area contributed by atoms with Crippen LogP contribution in [-0.2, 0) is 9.47 Å². The summed E-state index contributed by atoms with van der Waals surface area (Å²) in [5.41, 5.74) is -0.443. The van der Waals surface area contributed by atoms with Crippen molar-refractivity contribution in [1.29, 1.82) is 0 Å². The smallest absolute Gasteiger partial charge is 0.407 e. The molecule has 1 aliphatic rings. The van der Waals surface area contributed by atoms with Gasteiger partial charge in [0.05, 0.1) is 12.7 Å². The first-order valence-electron chi connectivity index (χ1n) is 6.02. The van der Waals surface area contributed by atoms with E-state index in [9.17, 15) is 4.79 Å². The van der Waals surface area contributed by atoms with E-state index >= 15 is 0 Å². The molecule has 1 N–H and O–H groups in total. The quantitative estimate of drug-likeness (QED) is 0.847. The van der Waals surface area contributed by atoms with Crippen molar-refractivity contribution in [3.8, 4) is 0 Å². The van der Waals surface area contributed by atoms with E-state index in [1.165, 1.54) is 0 Å². The molecule has 5 heteroatoms. The molecular weight excluding hydrogens is 238 g/mol. The number of carbonyl (C=O) groups excluding carboxylic acids is 1. The second kappa shape index (κ2) is 6.50. The molecule has 1 heterocycles. The number of amides is 1. The molecule has 100 valence electrons. The van der Waals surface area contributed by atoms with Gasteiger partial charge in [0.2, 0.25) is 0 Å². The van der Waals surface area contributed by atoms with Crippen LogP contribution in [0.2, 0.25) is 0 Å². The molecule has 0 aliphatic carbocycles. The number of ether oxygens (including phenoxy) is 2. The number of alkyl carbamates (subject to hydrolysis) is 1. The van der Waals surface area contributed by atoms with Crippen LogP contribution in [0.1, 0.15) is 33.6 Å². The lowest BCUT2D eigenvalue weighted by molar-refractivity contribution is 0.0139.